The Kier molecular flexibility index (Phi) is 4.29. The van der Waals surface area contributed by atoms with Crippen LogP contribution in [0.1, 0.15) is 44.6 Å². The average molecular weight is 270 g/mol. The van der Waals surface area contributed by atoms with Crippen LogP contribution < -0.4 is 0 Å². The molecule has 1 atom stereocenters. The second-order valence-corrected chi connectivity index (χ2v) is 5.44. The predicted molar refractivity (Wildman–Crippen MR) is 75.9 cm³/mol. The van der Waals surface area contributed by atoms with E-state index < -0.39 is 11.1 Å². The molecule has 0 saturated heterocycles. The summed E-state index contributed by atoms with van der Waals surface area (Å²) in [5, 5.41) is 0. The zero-order chi connectivity index (χ0) is 14.5. The summed E-state index contributed by atoms with van der Waals surface area (Å²) < 4.78 is 0. The molecule has 0 bridgehead atoms. The lowest BCUT2D eigenvalue weighted by atomic mass is 9.66. The van der Waals surface area contributed by atoms with Gasteiger partial charge in [0.05, 0.1) is 0 Å². The number of carbonyl (C=O) groups excluding carboxylic acids is 2. The molecule has 104 valence electrons. The zero-order valence-electron chi connectivity index (χ0n) is 11.6. The van der Waals surface area contributed by atoms with E-state index >= 15 is 0 Å². The van der Waals surface area contributed by atoms with Crippen LogP contribution >= 0.6 is 0 Å². The maximum atomic E-state index is 11.0. The maximum absolute atomic E-state index is 11.0. The molecular weight excluding hydrogens is 252 g/mol. The highest BCUT2D eigenvalue weighted by Gasteiger charge is 2.50. The molecule has 1 fully saturated rings. The summed E-state index contributed by atoms with van der Waals surface area (Å²) in [7, 11) is 0. The lowest BCUT2D eigenvalue weighted by Crippen LogP contribution is -2.48. The van der Waals surface area contributed by atoms with Gasteiger partial charge >= 0.3 is 0 Å². The van der Waals surface area contributed by atoms with Gasteiger partial charge in [0.25, 0.3) is 0 Å². The van der Waals surface area contributed by atoms with Crippen LogP contribution in [0.3, 0.4) is 0 Å². The second kappa shape index (κ2) is 5.96. The van der Waals surface area contributed by atoms with Gasteiger partial charge in [-0.1, -0.05) is 49.6 Å². The Morgan fingerprint density at radius 1 is 1.05 bits per heavy atom. The third-order valence-corrected chi connectivity index (χ3v) is 4.45. The summed E-state index contributed by atoms with van der Waals surface area (Å²) >= 11 is 0. The number of hydrogen-bond acceptors (Lipinski definition) is 4. The minimum atomic E-state index is -0.867. The van der Waals surface area contributed by atoms with Crippen LogP contribution in [0.4, 0.5) is 0 Å². The Balaban J connectivity index is 2.60. The van der Waals surface area contributed by atoms with Crippen LogP contribution in [-0.4, -0.2) is 17.7 Å². The van der Waals surface area contributed by atoms with E-state index in [4.69, 9.17) is 0 Å². The summed E-state index contributed by atoms with van der Waals surface area (Å²) in [6.07, 6.45) is 7.90. The topological polar surface area (TPSA) is 58.9 Å². The van der Waals surface area contributed by atoms with E-state index in [1.807, 2.05) is 37.3 Å². The minimum absolute atomic E-state index is 0.689. The second-order valence-electron chi connectivity index (χ2n) is 5.44. The van der Waals surface area contributed by atoms with Gasteiger partial charge in [0.1, 0.15) is 11.1 Å². The molecule has 1 unspecified atom stereocenters. The van der Waals surface area contributed by atoms with E-state index in [0.29, 0.717) is 0 Å². The first-order valence-electron chi connectivity index (χ1n) is 6.92. The summed E-state index contributed by atoms with van der Waals surface area (Å²) in [5.74, 6) is 0. The van der Waals surface area contributed by atoms with Crippen molar-refractivity contribution in [1.82, 2.24) is 0 Å². The Morgan fingerprint density at radius 2 is 1.70 bits per heavy atom. The van der Waals surface area contributed by atoms with Crippen LogP contribution in [0.2, 0.25) is 0 Å². The van der Waals surface area contributed by atoms with Gasteiger partial charge in [-0.15, -0.1) is 0 Å². The minimum Gasteiger partial charge on any atom is -0.211 e. The van der Waals surface area contributed by atoms with Crippen molar-refractivity contribution in [3.8, 4) is 0 Å². The molecule has 1 aromatic rings. The van der Waals surface area contributed by atoms with E-state index in [1.165, 1.54) is 0 Å². The SMILES string of the molecule is CC(N=C=O)(c1ccccc1)C1(N=C=O)CCCCC1. The van der Waals surface area contributed by atoms with Crippen molar-refractivity contribution in [3.05, 3.63) is 35.9 Å². The molecule has 1 saturated carbocycles. The van der Waals surface area contributed by atoms with Gasteiger partial charge in [-0.25, -0.2) is 9.59 Å². The Bertz CT molecular complexity index is 551. The molecule has 0 heterocycles. The van der Waals surface area contributed by atoms with Gasteiger partial charge in [-0.05, 0) is 25.3 Å². The molecule has 4 nitrogen and oxygen atoms in total. The fourth-order valence-corrected chi connectivity index (χ4v) is 3.22. The molecule has 0 aliphatic heterocycles. The van der Waals surface area contributed by atoms with Crippen molar-refractivity contribution < 1.29 is 9.59 Å². The van der Waals surface area contributed by atoms with Crippen molar-refractivity contribution in [3.63, 3.8) is 0 Å². The third kappa shape index (κ3) is 2.36. The number of benzene rings is 1. The molecule has 1 aromatic carbocycles. The molecule has 0 aromatic heterocycles. The molecule has 0 N–H and O–H groups in total. The van der Waals surface area contributed by atoms with Gasteiger partial charge in [-0.2, -0.15) is 9.98 Å². The van der Waals surface area contributed by atoms with Crippen molar-refractivity contribution in [2.24, 2.45) is 9.98 Å². The number of isocyanates is 2. The molecule has 0 radical (unpaired) electrons. The molecule has 2 rings (SSSR count). The standard InChI is InChI=1S/C16H18N2O2/c1-15(17-12-19,14-8-4-2-5-9-14)16(18-13-20)10-6-3-7-11-16/h2,4-5,8-9H,3,6-7,10-11H2,1H3. The van der Waals surface area contributed by atoms with E-state index in [1.54, 1.807) is 12.2 Å². The van der Waals surface area contributed by atoms with E-state index in [0.717, 1.165) is 37.7 Å². The Hall–Kier alpha value is -2.02. The molecule has 1 aliphatic rings. The lowest BCUT2D eigenvalue weighted by molar-refractivity contribution is 0.177. The Morgan fingerprint density at radius 3 is 2.25 bits per heavy atom. The lowest BCUT2D eigenvalue weighted by Gasteiger charge is -2.44. The van der Waals surface area contributed by atoms with E-state index in [9.17, 15) is 9.59 Å². The third-order valence-electron chi connectivity index (χ3n) is 4.45. The largest absolute Gasteiger partial charge is 0.235 e. The first-order chi connectivity index (χ1) is 9.68. The van der Waals surface area contributed by atoms with Crippen molar-refractivity contribution in [2.75, 3.05) is 0 Å². The van der Waals surface area contributed by atoms with Crippen molar-refractivity contribution >= 4 is 12.2 Å². The Labute approximate surface area is 118 Å². The number of nitrogens with zero attached hydrogens (tertiary/aromatic N) is 2. The smallest absolute Gasteiger partial charge is 0.211 e. The summed E-state index contributed by atoms with van der Waals surface area (Å²) in [6.45, 7) is 1.86. The highest BCUT2D eigenvalue weighted by atomic mass is 16.1. The predicted octanol–water partition coefficient (Wildman–Crippen LogP) is 3.28. The quantitative estimate of drug-likeness (QED) is 0.622. The summed E-state index contributed by atoms with van der Waals surface area (Å²) in [6, 6.07) is 9.53. The van der Waals surface area contributed by atoms with Crippen molar-refractivity contribution in [2.45, 2.75) is 50.1 Å². The van der Waals surface area contributed by atoms with Gasteiger partial charge in [0, 0.05) is 0 Å². The van der Waals surface area contributed by atoms with Crippen LogP contribution in [0.15, 0.2) is 40.3 Å². The normalized spacial score (nSPS) is 20.1. The van der Waals surface area contributed by atoms with Gasteiger partial charge in [0.2, 0.25) is 12.2 Å². The van der Waals surface area contributed by atoms with Crippen LogP contribution in [-0.2, 0) is 15.1 Å². The van der Waals surface area contributed by atoms with Crippen LogP contribution in [0.5, 0.6) is 0 Å². The summed E-state index contributed by atoms with van der Waals surface area (Å²) in [4.78, 5) is 30.0. The van der Waals surface area contributed by atoms with Crippen LogP contribution in [0.25, 0.3) is 0 Å². The molecule has 20 heavy (non-hydrogen) atoms. The molecular formula is C16H18N2O2. The number of aliphatic imine (C=N–C) groups is 2. The molecule has 0 amide bonds. The average Bonchev–Trinajstić information content (AvgIpc) is 2.49. The number of hydrogen-bond donors (Lipinski definition) is 0. The molecule has 1 aliphatic carbocycles. The molecule has 4 heteroatoms. The fourth-order valence-electron chi connectivity index (χ4n) is 3.22. The monoisotopic (exact) mass is 270 g/mol. The van der Waals surface area contributed by atoms with Crippen molar-refractivity contribution in [1.29, 1.82) is 0 Å². The zero-order valence-corrected chi connectivity index (χ0v) is 11.6. The van der Waals surface area contributed by atoms with Crippen LogP contribution in [0, 0.1) is 0 Å². The first-order valence-corrected chi connectivity index (χ1v) is 6.92. The first kappa shape index (κ1) is 14.4. The van der Waals surface area contributed by atoms with Gasteiger partial charge < -0.3 is 0 Å². The van der Waals surface area contributed by atoms with Gasteiger partial charge in [-0.3, -0.25) is 0 Å². The summed E-state index contributed by atoms with van der Waals surface area (Å²) in [5.41, 5.74) is -0.677. The fraction of sp³-hybridized carbons (Fsp3) is 0.500. The van der Waals surface area contributed by atoms with E-state index in [-0.39, 0.29) is 0 Å². The van der Waals surface area contributed by atoms with E-state index in [2.05, 4.69) is 9.98 Å². The highest BCUT2D eigenvalue weighted by molar-refractivity contribution is 5.43. The highest BCUT2D eigenvalue weighted by Crippen LogP contribution is 2.47. The molecule has 0 spiro atoms. The van der Waals surface area contributed by atoms with Gasteiger partial charge in [0.15, 0.2) is 0 Å². The maximum Gasteiger partial charge on any atom is 0.235 e. The number of rotatable bonds is 4.